The summed E-state index contributed by atoms with van der Waals surface area (Å²) in [6.07, 6.45) is 1.53. The zero-order chi connectivity index (χ0) is 12.8. The van der Waals surface area contributed by atoms with Crippen molar-refractivity contribution >= 4 is 27.6 Å². The molecular formula is C13H18BrNO2. The highest BCUT2D eigenvalue weighted by molar-refractivity contribution is 9.10. The van der Waals surface area contributed by atoms with Gasteiger partial charge < -0.3 is 10.0 Å². The van der Waals surface area contributed by atoms with Gasteiger partial charge in [0.05, 0.1) is 0 Å². The summed E-state index contributed by atoms with van der Waals surface area (Å²) in [6, 6.07) is 7.33. The molecule has 1 aromatic carbocycles. The van der Waals surface area contributed by atoms with Gasteiger partial charge in [0, 0.05) is 16.7 Å². The van der Waals surface area contributed by atoms with Crippen LogP contribution in [0.4, 0.5) is 5.69 Å². The average Bonchev–Trinajstić information content (AvgIpc) is 2.29. The second-order valence-electron chi connectivity index (χ2n) is 3.93. The van der Waals surface area contributed by atoms with Crippen LogP contribution in [0, 0.1) is 0 Å². The number of hydrogen-bond donors (Lipinski definition) is 1. The summed E-state index contributed by atoms with van der Waals surface area (Å²) >= 11 is 3.38. The first kappa shape index (κ1) is 14.0. The quantitative estimate of drug-likeness (QED) is 0.873. The molecule has 94 valence electrons. The van der Waals surface area contributed by atoms with Crippen molar-refractivity contribution < 1.29 is 9.90 Å². The maximum absolute atomic E-state index is 11.2. The predicted octanol–water partition coefficient (Wildman–Crippen LogP) is 3.53. The highest BCUT2D eigenvalue weighted by atomic mass is 79.9. The van der Waals surface area contributed by atoms with E-state index < -0.39 is 12.0 Å². The lowest BCUT2D eigenvalue weighted by Crippen LogP contribution is -2.41. The third-order valence-corrected chi connectivity index (χ3v) is 3.20. The zero-order valence-corrected chi connectivity index (χ0v) is 11.8. The number of nitrogens with zero attached hydrogens (tertiary/aromatic N) is 1. The molecule has 3 nitrogen and oxygen atoms in total. The second kappa shape index (κ2) is 6.64. The summed E-state index contributed by atoms with van der Waals surface area (Å²) in [5.41, 5.74) is 0.962. The molecule has 0 aliphatic rings. The van der Waals surface area contributed by atoms with Gasteiger partial charge in [-0.1, -0.05) is 29.8 Å². The zero-order valence-electron chi connectivity index (χ0n) is 10.2. The normalized spacial score (nSPS) is 12.2. The van der Waals surface area contributed by atoms with E-state index in [-0.39, 0.29) is 0 Å². The fourth-order valence-electron chi connectivity index (χ4n) is 1.87. The second-order valence-corrected chi connectivity index (χ2v) is 4.85. The summed E-state index contributed by atoms with van der Waals surface area (Å²) in [5.74, 6) is -0.760. The van der Waals surface area contributed by atoms with Gasteiger partial charge in [-0.05, 0) is 37.1 Å². The Bertz CT molecular complexity index is 364. The lowest BCUT2D eigenvalue weighted by atomic mass is 10.1. The van der Waals surface area contributed by atoms with Crippen molar-refractivity contribution in [3.05, 3.63) is 28.7 Å². The van der Waals surface area contributed by atoms with E-state index in [2.05, 4.69) is 22.9 Å². The molecule has 0 aliphatic carbocycles. The van der Waals surface area contributed by atoms with Crippen LogP contribution in [0.15, 0.2) is 28.7 Å². The van der Waals surface area contributed by atoms with Crippen molar-refractivity contribution in [1.82, 2.24) is 0 Å². The van der Waals surface area contributed by atoms with Crippen molar-refractivity contribution in [2.45, 2.75) is 32.7 Å². The first-order valence-electron chi connectivity index (χ1n) is 5.85. The SMILES string of the molecule is CCCN(c1ccc(Br)cc1)[C@H](CC)C(=O)O. The number of aliphatic carboxylic acids is 1. The number of carbonyl (C=O) groups is 1. The third-order valence-electron chi connectivity index (χ3n) is 2.67. The summed E-state index contributed by atoms with van der Waals surface area (Å²) < 4.78 is 1.00. The van der Waals surface area contributed by atoms with Crippen LogP contribution in [0.25, 0.3) is 0 Å². The number of anilines is 1. The van der Waals surface area contributed by atoms with E-state index in [0.717, 1.165) is 23.1 Å². The monoisotopic (exact) mass is 299 g/mol. The maximum Gasteiger partial charge on any atom is 0.326 e. The third kappa shape index (κ3) is 3.73. The molecule has 0 amide bonds. The van der Waals surface area contributed by atoms with Gasteiger partial charge in [-0.25, -0.2) is 4.79 Å². The largest absolute Gasteiger partial charge is 0.480 e. The van der Waals surface area contributed by atoms with E-state index >= 15 is 0 Å². The molecule has 0 spiro atoms. The van der Waals surface area contributed by atoms with Gasteiger partial charge in [-0.15, -0.1) is 0 Å². The standard InChI is InChI=1S/C13H18BrNO2/c1-3-9-15(12(4-2)13(16)17)11-7-5-10(14)6-8-11/h5-8,12H,3-4,9H2,1-2H3,(H,16,17)/t12-/m1/s1. The molecule has 0 aromatic heterocycles. The minimum absolute atomic E-state index is 0.448. The molecule has 1 rings (SSSR count). The summed E-state index contributed by atoms with van der Waals surface area (Å²) in [4.78, 5) is 13.2. The number of carboxylic acids is 1. The average molecular weight is 300 g/mol. The van der Waals surface area contributed by atoms with Crippen LogP contribution in [-0.2, 0) is 4.79 Å². The molecule has 0 saturated heterocycles. The first-order chi connectivity index (χ1) is 8.10. The topological polar surface area (TPSA) is 40.5 Å². The first-order valence-corrected chi connectivity index (χ1v) is 6.64. The fraction of sp³-hybridized carbons (Fsp3) is 0.462. The molecule has 0 saturated carbocycles. The van der Waals surface area contributed by atoms with Gasteiger partial charge in [-0.3, -0.25) is 0 Å². The van der Waals surface area contributed by atoms with Crippen LogP contribution in [0.3, 0.4) is 0 Å². The number of hydrogen-bond acceptors (Lipinski definition) is 2. The Labute approximate surface area is 111 Å². The van der Waals surface area contributed by atoms with Crippen LogP contribution >= 0.6 is 15.9 Å². The number of halogens is 1. The van der Waals surface area contributed by atoms with Crippen LogP contribution in [0.5, 0.6) is 0 Å². The van der Waals surface area contributed by atoms with Crippen LogP contribution in [0.2, 0.25) is 0 Å². The van der Waals surface area contributed by atoms with Gasteiger partial charge in [0.15, 0.2) is 0 Å². The molecule has 0 radical (unpaired) electrons. The minimum atomic E-state index is -0.760. The molecule has 0 unspecified atom stereocenters. The molecule has 1 aromatic rings. The van der Waals surface area contributed by atoms with E-state index in [9.17, 15) is 9.90 Å². The Morgan fingerprint density at radius 2 is 1.94 bits per heavy atom. The summed E-state index contributed by atoms with van der Waals surface area (Å²) in [5, 5.41) is 9.24. The van der Waals surface area contributed by atoms with Crippen molar-refractivity contribution in [2.24, 2.45) is 0 Å². The van der Waals surface area contributed by atoms with Crippen molar-refractivity contribution in [3.63, 3.8) is 0 Å². The smallest absolute Gasteiger partial charge is 0.326 e. The van der Waals surface area contributed by atoms with E-state index in [1.54, 1.807) is 0 Å². The van der Waals surface area contributed by atoms with Gasteiger partial charge >= 0.3 is 5.97 Å². The molecule has 4 heteroatoms. The molecule has 1 N–H and O–H groups in total. The number of carboxylic acid groups (broad SMARTS) is 1. The van der Waals surface area contributed by atoms with Crippen molar-refractivity contribution in [3.8, 4) is 0 Å². The van der Waals surface area contributed by atoms with Gasteiger partial charge in [0.25, 0.3) is 0 Å². The Kier molecular flexibility index (Phi) is 5.48. The van der Waals surface area contributed by atoms with Crippen LogP contribution in [0.1, 0.15) is 26.7 Å². The Morgan fingerprint density at radius 3 is 2.35 bits per heavy atom. The van der Waals surface area contributed by atoms with E-state index in [4.69, 9.17) is 0 Å². The molecule has 0 bridgehead atoms. The molecule has 17 heavy (non-hydrogen) atoms. The van der Waals surface area contributed by atoms with E-state index in [1.807, 2.05) is 36.1 Å². The fourth-order valence-corrected chi connectivity index (χ4v) is 2.13. The molecule has 0 aliphatic heterocycles. The highest BCUT2D eigenvalue weighted by Gasteiger charge is 2.23. The Balaban J connectivity index is 2.98. The van der Waals surface area contributed by atoms with Crippen molar-refractivity contribution in [1.29, 1.82) is 0 Å². The van der Waals surface area contributed by atoms with E-state index in [1.165, 1.54) is 0 Å². The van der Waals surface area contributed by atoms with Gasteiger partial charge in [0.2, 0.25) is 0 Å². The molecule has 0 fully saturated rings. The van der Waals surface area contributed by atoms with Crippen LogP contribution < -0.4 is 4.90 Å². The molecular weight excluding hydrogens is 282 g/mol. The molecule has 0 heterocycles. The van der Waals surface area contributed by atoms with E-state index in [0.29, 0.717) is 6.42 Å². The number of rotatable bonds is 6. The minimum Gasteiger partial charge on any atom is -0.480 e. The Morgan fingerprint density at radius 1 is 1.35 bits per heavy atom. The van der Waals surface area contributed by atoms with Gasteiger partial charge in [0.1, 0.15) is 6.04 Å². The Hall–Kier alpha value is -1.03. The number of benzene rings is 1. The lowest BCUT2D eigenvalue weighted by molar-refractivity contribution is -0.138. The predicted molar refractivity (Wildman–Crippen MR) is 73.5 cm³/mol. The summed E-state index contributed by atoms with van der Waals surface area (Å²) in [7, 11) is 0. The lowest BCUT2D eigenvalue weighted by Gasteiger charge is -2.30. The van der Waals surface area contributed by atoms with Gasteiger partial charge in [-0.2, -0.15) is 0 Å². The maximum atomic E-state index is 11.2. The summed E-state index contributed by atoms with van der Waals surface area (Å²) in [6.45, 7) is 4.72. The van der Waals surface area contributed by atoms with Crippen LogP contribution in [-0.4, -0.2) is 23.7 Å². The molecule has 1 atom stereocenters. The van der Waals surface area contributed by atoms with Crippen molar-refractivity contribution in [2.75, 3.05) is 11.4 Å². The highest BCUT2D eigenvalue weighted by Crippen LogP contribution is 2.22.